The van der Waals surface area contributed by atoms with Gasteiger partial charge in [0.1, 0.15) is 23.2 Å². The molecule has 4 atom stereocenters. The quantitative estimate of drug-likeness (QED) is 0.0868. The SMILES string of the molecule is CCC(=N)/C=C(/NC(=O)N[C@H]1CCC(Oc2ccc(=N)n(C(=N)N3[C@H](C)CCC[C@@H]3C)c2)c2ccccc21)Nc1cnn(CCOS(C)(=O)=O)c1. The van der Waals surface area contributed by atoms with Crippen LogP contribution in [-0.4, -0.2) is 70.3 Å². The second-order valence-electron chi connectivity index (χ2n) is 13.0. The number of ether oxygens (including phenoxy) is 1. The van der Waals surface area contributed by atoms with E-state index in [0.29, 0.717) is 36.4 Å². The first-order chi connectivity index (χ1) is 24.3. The Morgan fingerprint density at radius 2 is 1.76 bits per heavy atom. The Labute approximate surface area is 298 Å². The standard InChI is InChI=1S/C35H48N10O5S/c1-5-25(36)19-33(40-26-20-39-43(21-26)17-18-49-51(4,47)48)42-35(46)41-30-14-15-31(29-12-7-6-11-28(29)30)50-27-13-16-32(37)44(22-27)34(38)45-23(2)9-8-10-24(45)3/h6-7,11-13,16,19-24,30-31,36-38,40H,5,8-10,14-15,17-18H2,1-4H3,(H2,41,42,46)/b33-19+,36-25?,37-32?,38-34?/t23-,24+,30-,31?/m0/s1. The molecule has 2 amide bonds. The first-order valence-corrected chi connectivity index (χ1v) is 19.0. The van der Waals surface area contributed by atoms with Gasteiger partial charge >= 0.3 is 6.03 Å². The molecule has 274 valence electrons. The highest BCUT2D eigenvalue weighted by Crippen LogP contribution is 2.38. The number of nitrogens with one attached hydrogen (secondary N) is 6. The molecule has 1 aromatic carbocycles. The van der Waals surface area contributed by atoms with Crippen molar-refractivity contribution in [1.29, 1.82) is 16.2 Å². The Kier molecular flexibility index (Phi) is 12.0. The van der Waals surface area contributed by atoms with Gasteiger partial charge in [0.05, 0.1) is 43.5 Å². The fourth-order valence-electron chi connectivity index (χ4n) is 6.56. The predicted octanol–water partition coefficient (Wildman–Crippen LogP) is 4.82. The van der Waals surface area contributed by atoms with Crippen molar-refractivity contribution in [3.05, 3.63) is 83.5 Å². The van der Waals surface area contributed by atoms with Crippen molar-refractivity contribution in [3.63, 3.8) is 0 Å². The zero-order valence-electron chi connectivity index (χ0n) is 29.5. The molecular formula is C35H48N10O5S. The maximum absolute atomic E-state index is 13.4. The summed E-state index contributed by atoms with van der Waals surface area (Å²) in [5, 5.41) is 38.9. The van der Waals surface area contributed by atoms with E-state index in [9.17, 15) is 13.2 Å². The maximum Gasteiger partial charge on any atom is 0.320 e. The normalized spacial score (nSPS) is 20.6. The van der Waals surface area contributed by atoms with Crippen LogP contribution < -0.4 is 26.2 Å². The lowest BCUT2D eigenvalue weighted by atomic mass is 9.85. The summed E-state index contributed by atoms with van der Waals surface area (Å²) in [6.45, 7) is 6.23. The van der Waals surface area contributed by atoms with Gasteiger partial charge < -0.3 is 25.7 Å². The molecule has 1 aliphatic carbocycles. The zero-order chi connectivity index (χ0) is 36.7. The fourth-order valence-corrected chi connectivity index (χ4v) is 6.94. The second-order valence-corrected chi connectivity index (χ2v) is 14.7. The zero-order valence-corrected chi connectivity index (χ0v) is 30.3. The molecule has 0 radical (unpaired) electrons. The van der Waals surface area contributed by atoms with Crippen molar-refractivity contribution in [1.82, 2.24) is 29.9 Å². The van der Waals surface area contributed by atoms with Gasteiger partial charge in [-0.05, 0) is 81.7 Å². The van der Waals surface area contributed by atoms with Crippen LogP contribution in [0.25, 0.3) is 0 Å². The van der Waals surface area contributed by atoms with Crippen molar-refractivity contribution in [2.45, 2.75) is 90.1 Å². The van der Waals surface area contributed by atoms with E-state index >= 15 is 0 Å². The van der Waals surface area contributed by atoms with Gasteiger partial charge in [-0.3, -0.25) is 29.6 Å². The van der Waals surface area contributed by atoms with E-state index in [2.05, 4.69) is 39.8 Å². The molecule has 1 saturated heterocycles. The van der Waals surface area contributed by atoms with E-state index in [1.54, 1.807) is 29.1 Å². The smallest absolute Gasteiger partial charge is 0.320 e. The predicted molar refractivity (Wildman–Crippen MR) is 194 cm³/mol. The molecule has 16 heteroatoms. The molecule has 3 heterocycles. The summed E-state index contributed by atoms with van der Waals surface area (Å²) in [4.78, 5) is 15.5. The van der Waals surface area contributed by atoms with Gasteiger partial charge in [-0.2, -0.15) is 13.5 Å². The van der Waals surface area contributed by atoms with Crippen molar-refractivity contribution < 1.29 is 22.1 Å². The van der Waals surface area contributed by atoms with Gasteiger partial charge in [-0.15, -0.1) is 0 Å². The monoisotopic (exact) mass is 720 g/mol. The van der Waals surface area contributed by atoms with Gasteiger partial charge in [0, 0.05) is 24.0 Å². The topological polar surface area (TPSA) is 203 Å². The highest BCUT2D eigenvalue weighted by molar-refractivity contribution is 7.85. The molecule has 1 unspecified atom stereocenters. The van der Waals surface area contributed by atoms with Gasteiger partial charge in [-0.1, -0.05) is 31.2 Å². The number of anilines is 1. The summed E-state index contributed by atoms with van der Waals surface area (Å²) in [6, 6.07) is 10.9. The van der Waals surface area contributed by atoms with E-state index in [1.807, 2.05) is 31.2 Å². The third-order valence-electron chi connectivity index (χ3n) is 9.08. The molecule has 6 N–H and O–H groups in total. The lowest BCUT2D eigenvalue weighted by molar-refractivity contribution is 0.169. The highest BCUT2D eigenvalue weighted by atomic mass is 32.2. The minimum Gasteiger partial charge on any atom is -0.484 e. The Morgan fingerprint density at radius 3 is 2.47 bits per heavy atom. The largest absolute Gasteiger partial charge is 0.484 e. The first-order valence-electron chi connectivity index (χ1n) is 17.2. The minimum absolute atomic E-state index is 0.0713. The summed E-state index contributed by atoms with van der Waals surface area (Å²) in [6.07, 6.45) is 11.9. The number of amides is 2. The van der Waals surface area contributed by atoms with Crippen LogP contribution in [0.15, 0.2) is 66.9 Å². The van der Waals surface area contributed by atoms with Crippen LogP contribution in [0.3, 0.4) is 0 Å². The van der Waals surface area contributed by atoms with Gasteiger partial charge in [0.15, 0.2) is 0 Å². The molecule has 1 fully saturated rings. The summed E-state index contributed by atoms with van der Waals surface area (Å²) in [5.41, 5.74) is 2.90. The molecule has 2 aliphatic rings. The summed E-state index contributed by atoms with van der Waals surface area (Å²) in [5.74, 6) is 1.11. The summed E-state index contributed by atoms with van der Waals surface area (Å²) < 4.78 is 36.9. The van der Waals surface area contributed by atoms with Gasteiger partial charge in [0.25, 0.3) is 10.1 Å². The van der Waals surface area contributed by atoms with Crippen LogP contribution in [0.5, 0.6) is 5.75 Å². The van der Waals surface area contributed by atoms with Crippen molar-refractivity contribution in [3.8, 4) is 5.75 Å². The van der Waals surface area contributed by atoms with E-state index in [4.69, 9.17) is 25.1 Å². The number of piperidine rings is 1. The number of nitrogens with zero attached hydrogens (tertiary/aromatic N) is 4. The van der Waals surface area contributed by atoms with Crippen molar-refractivity contribution in [2.75, 3.05) is 18.2 Å². The van der Waals surface area contributed by atoms with Gasteiger partial charge in [0.2, 0.25) is 5.96 Å². The molecule has 2 aromatic heterocycles. The van der Waals surface area contributed by atoms with Crippen LogP contribution in [-0.2, 0) is 20.8 Å². The molecule has 15 nitrogen and oxygen atoms in total. The first kappa shape index (κ1) is 37.3. The third kappa shape index (κ3) is 9.85. The number of hydrogen-bond acceptors (Lipinski definition) is 10. The number of carbonyl (C=O) groups excluding carboxylic acids is 1. The number of rotatable bonds is 12. The molecule has 0 bridgehead atoms. The molecule has 3 aromatic rings. The number of likely N-dealkylation sites (tertiary alicyclic amines) is 1. The molecule has 5 rings (SSSR count). The van der Waals surface area contributed by atoms with Crippen molar-refractivity contribution in [2.24, 2.45) is 0 Å². The molecule has 0 spiro atoms. The van der Waals surface area contributed by atoms with E-state index < -0.39 is 16.1 Å². The Hall–Kier alpha value is -4.96. The Bertz CT molecular complexity index is 1930. The summed E-state index contributed by atoms with van der Waals surface area (Å²) >= 11 is 0. The van der Waals surface area contributed by atoms with Crippen molar-refractivity contribution >= 4 is 33.5 Å². The Balaban J connectivity index is 1.25. The number of hydrogen-bond donors (Lipinski definition) is 6. The number of benzene rings is 1. The van der Waals surface area contributed by atoms with Gasteiger partial charge in [-0.25, -0.2) is 4.79 Å². The average molecular weight is 721 g/mol. The summed E-state index contributed by atoms with van der Waals surface area (Å²) in [7, 11) is -3.56. The molecule has 0 saturated carbocycles. The van der Waals surface area contributed by atoms with E-state index in [0.717, 1.165) is 36.6 Å². The van der Waals surface area contributed by atoms with Crippen LogP contribution in [0, 0.1) is 16.2 Å². The number of urea groups is 1. The van der Waals surface area contributed by atoms with E-state index in [-0.39, 0.29) is 54.6 Å². The number of carbonyl (C=O) groups is 1. The second kappa shape index (κ2) is 16.4. The van der Waals surface area contributed by atoms with Crippen LogP contribution >= 0.6 is 0 Å². The van der Waals surface area contributed by atoms with Crippen LogP contribution in [0.2, 0.25) is 0 Å². The Morgan fingerprint density at radius 1 is 1.04 bits per heavy atom. The maximum atomic E-state index is 13.4. The van der Waals surface area contributed by atoms with Crippen LogP contribution in [0.1, 0.15) is 82.6 Å². The number of fused-ring (bicyclic) bond motifs is 1. The number of pyridine rings is 1. The molecular weight excluding hydrogens is 673 g/mol. The molecule has 1 aliphatic heterocycles. The third-order valence-corrected chi connectivity index (χ3v) is 9.68. The van der Waals surface area contributed by atoms with E-state index in [1.165, 1.54) is 17.0 Å². The highest BCUT2D eigenvalue weighted by Gasteiger charge is 2.31. The van der Waals surface area contributed by atoms with Crippen LogP contribution in [0.4, 0.5) is 10.5 Å². The average Bonchev–Trinajstić information content (AvgIpc) is 3.52. The molecule has 51 heavy (non-hydrogen) atoms. The fraction of sp³-hybridized carbons (Fsp3) is 0.457. The number of aromatic nitrogens is 3. The number of allylic oxidation sites excluding steroid dienone is 1. The minimum atomic E-state index is -3.56. The lowest BCUT2D eigenvalue weighted by Gasteiger charge is -2.41. The lowest BCUT2D eigenvalue weighted by Crippen LogP contribution is -2.51.